The number of phenols is 1. The molecule has 1 aliphatic rings. The van der Waals surface area contributed by atoms with Crippen molar-refractivity contribution in [3.63, 3.8) is 0 Å². The monoisotopic (exact) mass is 215 g/mol. The van der Waals surface area contributed by atoms with E-state index in [2.05, 4.69) is 16.6 Å². The normalized spacial score (nSPS) is 12.8. The van der Waals surface area contributed by atoms with Gasteiger partial charge in [-0.25, -0.2) is 4.99 Å². The third kappa shape index (κ3) is 1.11. The first-order chi connectivity index (χ1) is 7.65. The molecule has 0 fully saturated rings. The van der Waals surface area contributed by atoms with Gasteiger partial charge in [0.15, 0.2) is 0 Å². The number of fused-ring (bicyclic) bond motifs is 2. The lowest BCUT2D eigenvalue weighted by atomic mass is 10.1. The number of rotatable bonds is 0. The van der Waals surface area contributed by atoms with E-state index in [9.17, 15) is 9.90 Å². The zero-order valence-corrected chi connectivity index (χ0v) is 8.40. The number of hydrogen-bond donors (Lipinski definition) is 2. The maximum Gasteiger partial charge on any atom is 0.274 e. The lowest BCUT2D eigenvalue weighted by Gasteiger charge is -2.12. The molecule has 5 nitrogen and oxygen atoms in total. The molecule has 0 saturated carbocycles. The van der Waals surface area contributed by atoms with E-state index in [0.717, 1.165) is 11.3 Å². The van der Waals surface area contributed by atoms with Gasteiger partial charge in [-0.05, 0) is 18.2 Å². The van der Waals surface area contributed by atoms with Crippen molar-refractivity contribution >= 4 is 12.3 Å². The fourth-order valence-electron chi connectivity index (χ4n) is 1.84. The topological polar surface area (TPSA) is 70.4 Å². The second kappa shape index (κ2) is 2.85. The van der Waals surface area contributed by atoms with Gasteiger partial charge in [-0.15, -0.1) is 0 Å². The van der Waals surface area contributed by atoms with Gasteiger partial charge in [0.1, 0.15) is 11.1 Å². The van der Waals surface area contributed by atoms with Crippen molar-refractivity contribution in [1.82, 2.24) is 9.55 Å². The number of aromatic nitrogens is 2. The van der Waals surface area contributed by atoms with Gasteiger partial charge < -0.3 is 9.67 Å². The Bertz CT molecular complexity index is 740. The Balaban J connectivity index is 2.36. The third-order valence-corrected chi connectivity index (χ3v) is 2.69. The first kappa shape index (κ1) is 8.96. The van der Waals surface area contributed by atoms with Crippen LogP contribution in [-0.2, 0) is 6.54 Å². The number of imidazole rings is 1. The van der Waals surface area contributed by atoms with Gasteiger partial charge in [-0.2, -0.15) is 0 Å². The van der Waals surface area contributed by atoms with Gasteiger partial charge in [0.2, 0.25) is 5.62 Å². The van der Waals surface area contributed by atoms with E-state index in [1.54, 1.807) is 22.8 Å². The van der Waals surface area contributed by atoms with E-state index in [1.807, 2.05) is 0 Å². The molecule has 0 saturated heterocycles. The van der Waals surface area contributed by atoms with Crippen molar-refractivity contribution in [2.45, 2.75) is 6.54 Å². The van der Waals surface area contributed by atoms with Crippen LogP contribution in [0.25, 0.3) is 6.58 Å². The number of H-pyrrole nitrogens is 1. The van der Waals surface area contributed by atoms with Crippen LogP contribution in [-0.4, -0.2) is 14.7 Å². The molecule has 0 bridgehead atoms. The van der Waals surface area contributed by atoms with E-state index >= 15 is 0 Å². The Hall–Kier alpha value is -2.30. The smallest absolute Gasteiger partial charge is 0.274 e. The summed E-state index contributed by atoms with van der Waals surface area (Å²) in [5.74, 6) is 0.196. The minimum Gasteiger partial charge on any atom is -0.508 e. The van der Waals surface area contributed by atoms with Crippen molar-refractivity contribution in [2.24, 2.45) is 4.99 Å². The minimum absolute atomic E-state index is 0.196. The van der Waals surface area contributed by atoms with Crippen molar-refractivity contribution in [1.29, 1.82) is 0 Å². The second-order valence-electron chi connectivity index (χ2n) is 3.74. The molecule has 2 heterocycles. The summed E-state index contributed by atoms with van der Waals surface area (Å²) >= 11 is 0. The van der Waals surface area contributed by atoms with E-state index in [-0.39, 0.29) is 11.3 Å². The molecular weight excluding hydrogens is 206 g/mol. The standard InChI is InChI=1S/C11H9N3O2/c1-6-10(16)13-11-12-9-3-2-8(15)4-7(9)5-14(6)11/h2-4,15H,1,5H2,(H,12,13,16). The van der Waals surface area contributed by atoms with Crippen LogP contribution in [0.4, 0.5) is 5.69 Å². The summed E-state index contributed by atoms with van der Waals surface area (Å²) in [4.78, 5) is 18.3. The lowest BCUT2D eigenvalue weighted by molar-refractivity contribution is 0.474. The molecule has 2 aromatic rings. The van der Waals surface area contributed by atoms with Crippen LogP contribution in [0.2, 0.25) is 0 Å². The summed E-state index contributed by atoms with van der Waals surface area (Å²) in [5, 5.41) is 9.76. The molecule has 80 valence electrons. The Kier molecular flexibility index (Phi) is 1.60. The predicted molar refractivity (Wildman–Crippen MR) is 58.2 cm³/mol. The second-order valence-corrected chi connectivity index (χ2v) is 3.74. The summed E-state index contributed by atoms with van der Waals surface area (Å²) in [6.45, 7) is 4.19. The molecule has 0 aliphatic carbocycles. The molecule has 2 N–H and O–H groups in total. The van der Waals surface area contributed by atoms with Crippen molar-refractivity contribution in [3.05, 3.63) is 45.1 Å². The molecule has 1 aliphatic heterocycles. The van der Waals surface area contributed by atoms with Crippen LogP contribution in [0, 0.1) is 0 Å². The van der Waals surface area contributed by atoms with Gasteiger partial charge >= 0.3 is 0 Å². The number of aromatic amines is 1. The Morgan fingerprint density at radius 3 is 3.12 bits per heavy atom. The van der Waals surface area contributed by atoms with Gasteiger partial charge in [-0.3, -0.25) is 9.78 Å². The molecule has 0 unspecified atom stereocenters. The van der Waals surface area contributed by atoms with Gasteiger partial charge in [0, 0.05) is 5.56 Å². The highest BCUT2D eigenvalue weighted by molar-refractivity contribution is 5.50. The van der Waals surface area contributed by atoms with Crippen molar-refractivity contribution < 1.29 is 5.11 Å². The van der Waals surface area contributed by atoms with Crippen LogP contribution < -0.4 is 16.5 Å². The molecule has 0 radical (unpaired) electrons. The number of nitrogens with zero attached hydrogens (tertiary/aromatic N) is 2. The average Bonchev–Trinajstić information content (AvgIpc) is 2.52. The van der Waals surface area contributed by atoms with Crippen LogP contribution in [0.1, 0.15) is 5.56 Å². The first-order valence-electron chi connectivity index (χ1n) is 4.83. The van der Waals surface area contributed by atoms with E-state index in [0.29, 0.717) is 17.5 Å². The van der Waals surface area contributed by atoms with E-state index in [1.165, 1.54) is 0 Å². The summed E-state index contributed by atoms with van der Waals surface area (Å²) in [6, 6.07) is 4.94. The number of aromatic hydroxyl groups is 1. The highest BCUT2D eigenvalue weighted by Crippen LogP contribution is 2.25. The zero-order chi connectivity index (χ0) is 11.3. The zero-order valence-electron chi connectivity index (χ0n) is 8.40. The molecule has 0 amide bonds. The molecule has 0 atom stereocenters. The van der Waals surface area contributed by atoms with Crippen LogP contribution in [0.15, 0.2) is 28.0 Å². The Labute approximate surface area is 90.0 Å². The average molecular weight is 215 g/mol. The minimum atomic E-state index is -0.226. The number of phenolic OH excluding ortho intramolecular Hbond substituents is 1. The summed E-state index contributed by atoms with van der Waals surface area (Å²) in [5.41, 5.74) is 1.92. The SMILES string of the molecule is C=c1c(=O)[nH]c2n1Cc1cc(O)ccc1N=2. The van der Waals surface area contributed by atoms with Gasteiger partial charge in [0.25, 0.3) is 5.56 Å². The molecule has 5 heteroatoms. The van der Waals surface area contributed by atoms with Crippen LogP contribution in [0.3, 0.4) is 0 Å². The molecule has 1 aromatic heterocycles. The van der Waals surface area contributed by atoms with Gasteiger partial charge in [-0.1, -0.05) is 6.58 Å². The highest BCUT2D eigenvalue weighted by Gasteiger charge is 2.12. The van der Waals surface area contributed by atoms with Crippen molar-refractivity contribution in [2.75, 3.05) is 0 Å². The van der Waals surface area contributed by atoms with Crippen LogP contribution in [0.5, 0.6) is 5.75 Å². The summed E-state index contributed by atoms with van der Waals surface area (Å²) in [6.07, 6.45) is 0. The van der Waals surface area contributed by atoms with E-state index < -0.39 is 0 Å². The first-order valence-corrected chi connectivity index (χ1v) is 4.83. The van der Waals surface area contributed by atoms with E-state index in [4.69, 9.17) is 0 Å². The fourth-order valence-corrected chi connectivity index (χ4v) is 1.84. The lowest BCUT2D eigenvalue weighted by Crippen LogP contribution is -2.32. The summed E-state index contributed by atoms with van der Waals surface area (Å²) in [7, 11) is 0. The molecular formula is C11H9N3O2. The fraction of sp³-hybridized carbons (Fsp3) is 0.0909. The molecule has 3 rings (SSSR count). The predicted octanol–water partition coefficient (Wildman–Crippen LogP) is -0.395. The number of benzene rings is 1. The van der Waals surface area contributed by atoms with Crippen LogP contribution >= 0.6 is 0 Å². The largest absolute Gasteiger partial charge is 0.508 e. The molecule has 1 aromatic carbocycles. The molecule has 0 spiro atoms. The maximum absolute atomic E-state index is 11.4. The molecule has 16 heavy (non-hydrogen) atoms. The number of hydrogen-bond acceptors (Lipinski definition) is 3. The third-order valence-electron chi connectivity index (χ3n) is 2.69. The Morgan fingerprint density at radius 1 is 1.50 bits per heavy atom. The maximum atomic E-state index is 11.4. The van der Waals surface area contributed by atoms with Gasteiger partial charge in [0.05, 0.1) is 12.2 Å². The number of nitrogens with one attached hydrogen (secondary N) is 1. The quantitative estimate of drug-likeness (QED) is 0.536. The Morgan fingerprint density at radius 2 is 2.31 bits per heavy atom. The van der Waals surface area contributed by atoms with Crippen molar-refractivity contribution in [3.8, 4) is 5.75 Å². The summed E-state index contributed by atoms with van der Waals surface area (Å²) < 4.78 is 1.70. The highest BCUT2D eigenvalue weighted by atomic mass is 16.3.